The molecular formula is C16H13FN2O. The van der Waals surface area contributed by atoms with Crippen LogP contribution in [-0.2, 0) is 6.42 Å². The summed E-state index contributed by atoms with van der Waals surface area (Å²) in [5, 5.41) is 11.4. The number of amides is 1. The highest BCUT2D eigenvalue weighted by Gasteiger charge is 2.06. The summed E-state index contributed by atoms with van der Waals surface area (Å²) in [5.74, 6) is -0.494. The van der Waals surface area contributed by atoms with E-state index in [4.69, 9.17) is 5.26 Å². The molecule has 100 valence electrons. The highest BCUT2D eigenvalue weighted by atomic mass is 19.1. The van der Waals surface area contributed by atoms with Gasteiger partial charge in [-0.3, -0.25) is 4.79 Å². The lowest BCUT2D eigenvalue weighted by Gasteiger charge is -2.06. The van der Waals surface area contributed by atoms with Crippen molar-refractivity contribution in [2.24, 2.45) is 0 Å². The van der Waals surface area contributed by atoms with E-state index < -0.39 is 0 Å². The Morgan fingerprint density at radius 3 is 2.50 bits per heavy atom. The van der Waals surface area contributed by atoms with Crippen LogP contribution in [0, 0.1) is 17.1 Å². The Morgan fingerprint density at radius 2 is 1.85 bits per heavy atom. The lowest BCUT2D eigenvalue weighted by Crippen LogP contribution is -2.25. The molecule has 2 aromatic carbocycles. The summed E-state index contributed by atoms with van der Waals surface area (Å²) < 4.78 is 13.4. The Bertz CT molecular complexity index is 644. The van der Waals surface area contributed by atoms with Crippen LogP contribution in [-0.4, -0.2) is 12.5 Å². The normalized spacial score (nSPS) is 9.80. The van der Waals surface area contributed by atoms with Gasteiger partial charge in [-0.1, -0.05) is 18.2 Å². The molecule has 1 N–H and O–H groups in total. The minimum Gasteiger partial charge on any atom is -0.352 e. The molecule has 0 saturated carbocycles. The Hall–Kier alpha value is -2.67. The van der Waals surface area contributed by atoms with E-state index >= 15 is 0 Å². The molecule has 0 aliphatic rings. The zero-order chi connectivity index (χ0) is 14.4. The van der Waals surface area contributed by atoms with Crippen molar-refractivity contribution in [3.63, 3.8) is 0 Å². The Balaban J connectivity index is 1.89. The van der Waals surface area contributed by atoms with Crippen molar-refractivity contribution in [1.29, 1.82) is 5.26 Å². The van der Waals surface area contributed by atoms with Crippen molar-refractivity contribution in [2.45, 2.75) is 6.42 Å². The molecule has 0 fully saturated rings. The van der Waals surface area contributed by atoms with E-state index in [2.05, 4.69) is 5.32 Å². The number of nitrogens with zero attached hydrogens (tertiary/aromatic N) is 1. The smallest absolute Gasteiger partial charge is 0.251 e. The van der Waals surface area contributed by atoms with Crippen molar-refractivity contribution >= 4 is 5.91 Å². The average Bonchev–Trinajstić information content (AvgIpc) is 2.49. The van der Waals surface area contributed by atoms with E-state index in [1.54, 1.807) is 42.5 Å². The van der Waals surface area contributed by atoms with E-state index in [0.29, 0.717) is 29.7 Å². The third-order valence-electron chi connectivity index (χ3n) is 2.91. The van der Waals surface area contributed by atoms with Gasteiger partial charge >= 0.3 is 0 Å². The number of hydrogen-bond donors (Lipinski definition) is 1. The van der Waals surface area contributed by atoms with E-state index in [1.165, 1.54) is 6.07 Å². The predicted molar refractivity (Wildman–Crippen MR) is 73.6 cm³/mol. The zero-order valence-corrected chi connectivity index (χ0v) is 10.8. The SMILES string of the molecule is N#Cc1ccc(C(=O)NCCc2ccccc2F)cc1. The fourth-order valence-electron chi connectivity index (χ4n) is 1.81. The highest BCUT2D eigenvalue weighted by molar-refractivity contribution is 5.94. The molecule has 2 aromatic rings. The molecule has 0 heterocycles. The van der Waals surface area contributed by atoms with Crippen LogP contribution in [0.25, 0.3) is 0 Å². The van der Waals surface area contributed by atoms with E-state index in [0.717, 1.165) is 0 Å². The number of benzene rings is 2. The quantitative estimate of drug-likeness (QED) is 0.926. The first-order valence-corrected chi connectivity index (χ1v) is 6.22. The van der Waals surface area contributed by atoms with Gasteiger partial charge in [0.25, 0.3) is 5.91 Å². The number of carbonyl (C=O) groups is 1. The summed E-state index contributed by atoms with van der Waals surface area (Å²) in [7, 11) is 0. The summed E-state index contributed by atoms with van der Waals surface area (Å²) in [6.45, 7) is 0.361. The third kappa shape index (κ3) is 3.42. The molecule has 0 radical (unpaired) electrons. The number of halogens is 1. The molecule has 20 heavy (non-hydrogen) atoms. The van der Waals surface area contributed by atoms with E-state index in [1.807, 2.05) is 6.07 Å². The van der Waals surface area contributed by atoms with Crippen molar-refractivity contribution in [3.05, 3.63) is 71.0 Å². The molecule has 0 aliphatic carbocycles. The van der Waals surface area contributed by atoms with Gasteiger partial charge in [-0.25, -0.2) is 4.39 Å². The largest absolute Gasteiger partial charge is 0.352 e. The lowest BCUT2D eigenvalue weighted by molar-refractivity contribution is 0.0954. The number of hydrogen-bond acceptors (Lipinski definition) is 2. The maximum absolute atomic E-state index is 13.4. The summed E-state index contributed by atoms with van der Waals surface area (Å²) in [5.41, 5.74) is 1.57. The molecule has 2 rings (SSSR count). The Morgan fingerprint density at radius 1 is 1.15 bits per heavy atom. The van der Waals surface area contributed by atoms with Crippen molar-refractivity contribution in [2.75, 3.05) is 6.54 Å². The monoisotopic (exact) mass is 268 g/mol. The molecule has 0 aromatic heterocycles. The van der Waals surface area contributed by atoms with Crippen molar-refractivity contribution in [3.8, 4) is 6.07 Å². The zero-order valence-electron chi connectivity index (χ0n) is 10.8. The molecule has 0 bridgehead atoms. The minimum atomic E-state index is -0.264. The van der Waals surface area contributed by atoms with Crippen LogP contribution in [0.1, 0.15) is 21.5 Å². The molecule has 0 aliphatic heterocycles. The average molecular weight is 268 g/mol. The van der Waals surface area contributed by atoms with Crippen molar-refractivity contribution in [1.82, 2.24) is 5.32 Å². The van der Waals surface area contributed by atoms with E-state index in [-0.39, 0.29) is 11.7 Å². The molecule has 1 amide bonds. The van der Waals surface area contributed by atoms with E-state index in [9.17, 15) is 9.18 Å². The van der Waals surface area contributed by atoms with Crippen LogP contribution in [0.4, 0.5) is 4.39 Å². The second-order valence-electron chi connectivity index (χ2n) is 4.29. The van der Waals surface area contributed by atoms with Gasteiger partial charge < -0.3 is 5.32 Å². The highest BCUT2D eigenvalue weighted by Crippen LogP contribution is 2.07. The Kier molecular flexibility index (Phi) is 4.46. The second kappa shape index (κ2) is 6.48. The van der Waals surface area contributed by atoms with Gasteiger partial charge in [-0.2, -0.15) is 5.26 Å². The topological polar surface area (TPSA) is 52.9 Å². The minimum absolute atomic E-state index is 0.231. The molecule has 4 heteroatoms. The second-order valence-corrected chi connectivity index (χ2v) is 4.29. The molecule has 3 nitrogen and oxygen atoms in total. The number of carbonyl (C=O) groups excluding carboxylic acids is 1. The standard InChI is InChI=1S/C16H13FN2O/c17-15-4-2-1-3-13(15)9-10-19-16(20)14-7-5-12(11-18)6-8-14/h1-8H,9-10H2,(H,19,20). The van der Waals surface area contributed by atoms with Crippen molar-refractivity contribution < 1.29 is 9.18 Å². The van der Waals surface area contributed by atoms with Gasteiger partial charge in [0.1, 0.15) is 5.82 Å². The molecule has 0 atom stereocenters. The number of nitriles is 1. The van der Waals surface area contributed by atoms with Gasteiger partial charge in [-0.15, -0.1) is 0 Å². The lowest BCUT2D eigenvalue weighted by atomic mass is 10.1. The van der Waals surface area contributed by atoms with Gasteiger partial charge in [-0.05, 0) is 42.3 Å². The predicted octanol–water partition coefficient (Wildman–Crippen LogP) is 2.67. The summed E-state index contributed by atoms with van der Waals surface area (Å²) in [4.78, 5) is 11.8. The van der Waals surface area contributed by atoms with Gasteiger partial charge in [0.15, 0.2) is 0 Å². The van der Waals surface area contributed by atoms with Gasteiger partial charge in [0.05, 0.1) is 11.6 Å². The maximum atomic E-state index is 13.4. The van der Waals surface area contributed by atoms with Crippen LogP contribution >= 0.6 is 0 Å². The van der Waals surface area contributed by atoms with Crippen LogP contribution in [0.2, 0.25) is 0 Å². The molecule has 0 unspecified atom stereocenters. The van der Waals surface area contributed by atoms with Crippen LogP contribution in [0.15, 0.2) is 48.5 Å². The molecular weight excluding hydrogens is 255 g/mol. The third-order valence-corrected chi connectivity index (χ3v) is 2.91. The molecule has 0 saturated heterocycles. The first-order chi connectivity index (χ1) is 9.70. The summed E-state index contributed by atoms with van der Waals surface area (Å²) >= 11 is 0. The van der Waals surface area contributed by atoms with Gasteiger partial charge in [0.2, 0.25) is 0 Å². The first kappa shape index (κ1) is 13.8. The Labute approximate surface area is 116 Å². The maximum Gasteiger partial charge on any atom is 0.251 e. The van der Waals surface area contributed by atoms with Crippen LogP contribution in [0.3, 0.4) is 0 Å². The number of rotatable bonds is 4. The summed E-state index contributed by atoms with van der Waals surface area (Å²) in [6, 6.07) is 14.9. The van der Waals surface area contributed by atoms with Gasteiger partial charge in [0, 0.05) is 12.1 Å². The summed E-state index contributed by atoms with van der Waals surface area (Å²) in [6.07, 6.45) is 0.439. The van der Waals surface area contributed by atoms with Crippen LogP contribution in [0.5, 0.6) is 0 Å². The fourth-order valence-corrected chi connectivity index (χ4v) is 1.81. The molecule has 0 spiro atoms. The fraction of sp³-hybridized carbons (Fsp3) is 0.125. The number of nitrogens with one attached hydrogen (secondary N) is 1. The first-order valence-electron chi connectivity index (χ1n) is 6.22. The van der Waals surface area contributed by atoms with Crippen LogP contribution < -0.4 is 5.32 Å².